The molecule has 0 saturated heterocycles. The van der Waals surface area contributed by atoms with Crippen LogP contribution in [0.25, 0.3) is 0 Å². The van der Waals surface area contributed by atoms with Gasteiger partial charge in [0.1, 0.15) is 0 Å². The molecule has 1 aromatic rings. The number of amides is 1. The fourth-order valence-electron chi connectivity index (χ4n) is 1.82. The Morgan fingerprint density at radius 3 is 2.33 bits per heavy atom. The second kappa shape index (κ2) is 8.04. The summed E-state index contributed by atoms with van der Waals surface area (Å²) in [4.78, 5) is 33.7. The Morgan fingerprint density at radius 1 is 1.24 bits per heavy atom. The van der Waals surface area contributed by atoms with Crippen molar-refractivity contribution in [3.63, 3.8) is 0 Å². The van der Waals surface area contributed by atoms with Crippen molar-refractivity contribution in [2.45, 2.75) is 26.2 Å². The van der Waals surface area contributed by atoms with Gasteiger partial charge in [-0.25, -0.2) is 4.79 Å². The zero-order chi connectivity index (χ0) is 15.8. The smallest absolute Gasteiger partial charge is 0.337 e. The van der Waals surface area contributed by atoms with Crippen LogP contribution in [0.1, 0.15) is 36.5 Å². The molecule has 0 unspecified atom stereocenters. The third-order valence-corrected chi connectivity index (χ3v) is 3.14. The van der Waals surface area contributed by atoms with Crippen LogP contribution in [-0.4, -0.2) is 25.0 Å². The molecular formula is C15H18NO5-. The molecule has 21 heavy (non-hydrogen) atoms. The average molecular weight is 292 g/mol. The number of nitrogens with one attached hydrogen (secondary N) is 1. The van der Waals surface area contributed by atoms with Gasteiger partial charge in [-0.3, -0.25) is 4.79 Å². The number of anilines is 1. The first-order valence-electron chi connectivity index (χ1n) is 6.67. The Balaban J connectivity index is 2.51. The molecule has 1 aromatic carbocycles. The summed E-state index contributed by atoms with van der Waals surface area (Å²) in [6.45, 7) is 1.74. The minimum atomic E-state index is -1.13. The molecule has 6 nitrogen and oxygen atoms in total. The normalized spacial score (nSPS) is 11.5. The van der Waals surface area contributed by atoms with E-state index in [1.807, 2.05) is 0 Å². The van der Waals surface area contributed by atoms with Crippen molar-refractivity contribution in [1.29, 1.82) is 0 Å². The van der Waals surface area contributed by atoms with Crippen LogP contribution < -0.4 is 10.4 Å². The molecule has 0 heterocycles. The Kier molecular flexibility index (Phi) is 6.39. The third-order valence-electron chi connectivity index (χ3n) is 3.14. The van der Waals surface area contributed by atoms with Crippen LogP contribution in [0.5, 0.6) is 0 Å². The molecule has 0 spiro atoms. The molecule has 6 heteroatoms. The predicted octanol–water partition coefficient (Wildman–Crippen LogP) is 0.968. The van der Waals surface area contributed by atoms with Crippen LogP contribution in [0.4, 0.5) is 5.69 Å². The largest absolute Gasteiger partial charge is 0.550 e. The quantitative estimate of drug-likeness (QED) is 0.755. The molecule has 0 bridgehead atoms. The number of ether oxygens (including phenoxy) is 1. The standard InChI is InChI=1S/C15H19NO5/c1-3-10(14(18)19)6-9-13(17)16-12-7-4-11(5-8-12)15(20)21-2/h4-5,7-8,10H,3,6,9H2,1-2H3,(H,16,17)(H,18,19)/p-1/t10-/m1/s1. The van der Waals surface area contributed by atoms with Gasteiger partial charge in [-0.1, -0.05) is 6.92 Å². The van der Waals surface area contributed by atoms with Gasteiger partial charge in [0.2, 0.25) is 5.91 Å². The maximum atomic E-state index is 11.7. The van der Waals surface area contributed by atoms with E-state index < -0.39 is 17.9 Å². The van der Waals surface area contributed by atoms with Crippen molar-refractivity contribution in [3.05, 3.63) is 29.8 Å². The van der Waals surface area contributed by atoms with Gasteiger partial charge < -0.3 is 20.0 Å². The number of carbonyl (C=O) groups excluding carboxylic acids is 3. The number of hydrogen-bond donors (Lipinski definition) is 1. The number of carbonyl (C=O) groups is 3. The summed E-state index contributed by atoms with van der Waals surface area (Å²) in [5.74, 6) is -2.47. The van der Waals surface area contributed by atoms with Crippen molar-refractivity contribution >= 4 is 23.5 Å². The van der Waals surface area contributed by atoms with E-state index in [0.29, 0.717) is 17.7 Å². The van der Waals surface area contributed by atoms with E-state index in [2.05, 4.69) is 10.1 Å². The Hall–Kier alpha value is -2.37. The number of methoxy groups -OCH3 is 1. The van der Waals surface area contributed by atoms with E-state index in [0.717, 1.165) is 0 Å². The molecule has 1 atom stereocenters. The SMILES string of the molecule is CC[C@H](CCC(=O)Nc1ccc(C(=O)OC)cc1)C(=O)[O-]. The second-order valence-electron chi connectivity index (χ2n) is 4.58. The summed E-state index contributed by atoms with van der Waals surface area (Å²) in [5, 5.41) is 13.4. The first kappa shape index (κ1) is 16.7. The van der Waals surface area contributed by atoms with Crippen molar-refractivity contribution < 1.29 is 24.2 Å². The predicted molar refractivity (Wildman–Crippen MR) is 74.4 cm³/mol. The van der Waals surface area contributed by atoms with Crippen molar-refractivity contribution in [2.24, 2.45) is 5.92 Å². The fourth-order valence-corrected chi connectivity index (χ4v) is 1.82. The van der Waals surface area contributed by atoms with Gasteiger partial charge >= 0.3 is 5.97 Å². The second-order valence-corrected chi connectivity index (χ2v) is 4.58. The van der Waals surface area contributed by atoms with Crippen LogP contribution in [0, 0.1) is 5.92 Å². The zero-order valence-corrected chi connectivity index (χ0v) is 12.0. The fraction of sp³-hybridized carbons (Fsp3) is 0.400. The molecule has 1 amide bonds. The lowest BCUT2D eigenvalue weighted by Gasteiger charge is -2.15. The van der Waals surface area contributed by atoms with Gasteiger partial charge in [0, 0.05) is 18.1 Å². The highest BCUT2D eigenvalue weighted by molar-refractivity contribution is 5.93. The van der Waals surface area contributed by atoms with Gasteiger partial charge in [0.15, 0.2) is 0 Å². The maximum Gasteiger partial charge on any atom is 0.337 e. The molecule has 0 saturated carbocycles. The Morgan fingerprint density at radius 2 is 1.86 bits per heavy atom. The van der Waals surface area contributed by atoms with E-state index in [-0.39, 0.29) is 18.7 Å². The average Bonchev–Trinajstić information content (AvgIpc) is 2.47. The molecule has 0 aliphatic rings. The minimum absolute atomic E-state index is 0.102. The summed E-state index contributed by atoms with van der Waals surface area (Å²) >= 11 is 0. The summed E-state index contributed by atoms with van der Waals surface area (Å²) in [6.07, 6.45) is 0.777. The van der Waals surface area contributed by atoms with E-state index >= 15 is 0 Å². The van der Waals surface area contributed by atoms with E-state index in [1.54, 1.807) is 19.1 Å². The number of rotatable bonds is 7. The van der Waals surface area contributed by atoms with Gasteiger partial charge in [-0.2, -0.15) is 0 Å². The van der Waals surface area contributed by atoms with Crippen molar-refractivity contribution in [1.82, 2.24) is 0 Å². The topological polar surface area (TPSA) is 95.5 Å². The number of carboxylic acids is 1. The minimum Gasteiger partial charge on any atom is -0.550 e. The maximum absolute atomic E-state index is 11.7. The third kappa shape index (κ3) is 5.25. The van der Waals surface area contributed by atoms with Crippen LogP contribution in [0.2, 0.25) is 0 Å². The highest BCUT2D eigenvalue weighted by Gasteiger charge is 2.11. The molecule has 0 aromatic heterocycles. The summed E-state index contributed by atoms with van der Waals surface area (Å²) < 4.78 is 4.57. The van der Waals surface area contributed by atoms with Crippen LogP contribution >= 0.6 is 0 Å². The van der Waals surface area contributed by atoms with Gasteiger partial charge in [0.25, 0.3) is 0 Å². The van der Waals surface area contributed by atoms with Crippen molar-refractivity contribution in [2.75, 3.05) is 12.4 Å². The first-order chi connectivity index (χ1) is 9.97. The molecule has 0 radical (unpaired) electrons. The number of benzene rings is 1. The number of hydrogen-bond acceptors (Lipinski definition) is 5. The molecule has 0 fully saturated rings. The lowest BCUT2D eigenvalue weighted by molar-refractivity contribution is -0.311. The lowest BCUT2D eigenvalue weighted by Crippen LogP contribution is -2.31. The Bertz CT molecular complexity index is 509. The number of carboxylic acid groups (broad SMARTS) is 1. The summed E-state index contributed by atoms with van der Waals surface area (Å²) in [6, 6.07) is 6.25. The summed E-state index contributed by atoms with van der Waals surface area (Å²) in [7, 11) is 1.29. The van der Waals surface area contributed by atoms with E-state index in [9.17, 15) is 19.5 Å². The van der Waals surface area contributed by atoms with Gasteiger partial charge in [-0.05, 0) is 43.0 Å². The van der Waals surface area contributed by atoms with Gasteiger partial charge in [-0.15, -0.1) is 0 Å². The monoisotopic (exact) mass is 292 g/mol. The first-order valence-corrected chi connectivity index (χ1v) is 6.67. The highest BCUT2D eigenvalue weighted by atomic mass is 16.5. The van der Waals surface area contributed by atoms with E-state index in [4.69, 9.17) is 0 Å². The molecule has 0 aliphatic heterocycles. The van der Waals surface area contributed by atoms with Crippen LogP contribution in [0.3, 0.4) is 0 Å². The molecule has 114 valence electrons. The van der Waals surface area contributed by atoms with E-state index in [1.165, 1.54) is 19.2 Å². The number of aliphatic carboxylic acids is 1. The Labute approximate surface area is 123 Å². The van der Waals surface area contributed by atoms with Gasteiger partial charge in [0.05, 0.1) is 12.7 Å². The van der Waals surface area contributed by atoms with Crippen LogP contribution in [-0.2, 0) is 14.3 Å². The molecular weight excluding hydrogens is 274 g/mol. The molecule has 0 aliphatic carbocycles. The molecule has 1 N–H and O–H groups in total. The molecule has 1 rings (SSSR count). The lowest BCUT2D eigenvalue weighted by atomic mass is 10.0. The summed E-state index contributed by atoms with van der Waals surface area (Å²) in [5.41, 5.74) is 0.924. The van der Waals surface area contributed by atoms with Crippen molar-refractivity contribution in [3.8, 4) is 0 Å². The van der Waals surface area contributed by atoms with Crippen LogP contribution in [0.15, 0.2) is 24.3 Å². The number of esters is 1. The highest BCUT2D eigenvalue weighted by Crippen LogP contribution is 2.13. The zero-order valence-electron chi connectivity index (χ0n) is 12.0.